The molecule has 0 bridgehead atoms. The topological polar surface area (TPSA) is 26.3 Å². The second-order valence-corrected chi connectivity index (χ2v) is 5.20. The summed E-state index contributed by atoms with van der Waals surface area (Å²) in [4.78, 5) is 10.7. The fraction of sp³-hybridized carbons (Fsp3) is 0.923. The van der Waals surface area contributed by atoms with Gasteiger partial charge in [-0.2, -0.15) is 0 Å². The van der Waals surface area contributed by atoms with Crippen molar-refractivity contribution in [3.8, 4) is 0 Å². The highest BCUT2D eigenvalue weighted by molar-refractivity contribution is 5.49. The number of rotatable bonds is 7. The van der Waals surface area contributed by atoms with Crippen molar-refractivity contribution in [2.45, 2.75) is 60.2 Å². The minimum atomic E-state index is 0.190. The van der Waals surface area contributed by atoms with Gasteiger partial charge >= 0.3 is 0 Å². The smallest absolute Gasteiger partial charge is 0.120 e. The molecule has 2 nitrogen and oxygen atoms in total. The lowest BCUT2D eigenvalue weighted by molar-refractivity contribution is -0.113. The van der Waals surface area contributed by atoms with E-state index in [4.69, 9.17) is 4.74 Å². The summed E-state index contributed by atoms with van der Waals surface area (Å²) in [6.07, 6.45) is 2.04. The van der Waals surface area contributed by atoms with E-state index in [9.17, 15) is 4.79 Å². The number of carbonyl (C=O) groups is 1. The Balaban J connectivity index is 4.59. The molecule has 0 N–H and O–H groups in total. The van der Waals surface area contributed by atoms with Crippen LogP contribution in [0.25, 0.3) is 0 Å². The van der Waals surface area contributed by atoms with Gasteiger partial charge in [0.15, 0.2) is 0 Å². The highest BCUT2D eigenvalue weighted by Crippen LogP contribution is 2.27. The number of hydrogen-bond donors (Lipinski definition) is 0. The average Bonchev–Trinajstić information content (AvgIpc) is 2.09. The first-order valence-electron chi connectivity index (χ1n) is 5.99. The van der Waals surface area contributed by atoms with E-state index in [2.05, 4.69) is 27.7 Å². The van der Waals surface area contributed by atoms with Crippen LogP contribution >= 0.6 is 0 Å². The number of aldehydes is 1. The quantitative estimate of drug-likeness (QED) is 0.608. The second-order valence-electron chi connectivity index (χ2n) is 5.20. The zero-order valence-corrected chi connectivity index (χ0v) is 11.0. The molecule has 0 aliphatic rings. The summed E-state index contributed by atoms with van der Waals surface area (Å²) in [6, 6.07) is 0. The van der Waals surface area contributed by atoms with Gasteiger partial charge < -0.3 is 9.53 Å². The summed E-state index contributed by atoms with van der Waals surface area (Å²) < 4.78 is 5.93. The van der Waals surface area contributed by atoms with Crippen LogP contribution in [0.15, 0.2) is 0 Å². The number of ether oxygens (including phenoxy) is 1. The molecule has 0 aromatic heterocycles. The molecule has 0 aromatic rings. The van der Waals surface area contributed by atoms with Crippen LogP contribution in [0.2, 0.25) is 0 Å². The summed E-state index contributed by atoms with van der Waals surface area (Å²) in [5.74, 6) is 1.28. The van der Waals surface area contributed by atoms with Crippen LogP contribution in [0, 0.1) is 17.8 Å². The second kappa shape index (κ2) is 7.00. The Kier molecular flexibility index (Phi) is 6.82. The highest BCUT2D eigenvalue weighted by Gasteiger charge is 2.28. The Morgan fingerprint density at radius 3 is 1.80 bits per heavy atom. The maximum atomic E-state index is 10.7. The minimum absolute atomic E-state index is 0.190. The predicted molar refractivity (Wildman–Crippen MR) is 63.9 cm³/mol. The minimum Gasteiger partial charge on any atom is -0.375 e. The van der Waals surface area contributed by atoms with Gasteiger partial charge in [-0.15, -0.1) is 0 Å². The van der Waals surface area contributed by atoms with Crippen molar-refractivity contribution >= 4 is 6.29 Å². The van der Waals surface area contributed by atoms with Gasteiger partial charge in [-0.05, 0) is 31.6 Å². The zero-order valence-electron chi connectivity index (χ0n) is 11.0. The Morgan fingerprint density at radius 2 is 1.53 bits per heavy atom. The van der Waals surface area contributed by atoms with Crippen LogP contribution in [0.3, 0.4) is 0 Å². The Labute approximate surface area is 94.4 Å². The van der Waals surface area contributed by atoms with Crippen LogP contribution in [0.5, 0.6) is 0 Å². The highest BCUT2D eigenvalue weighted by atomic mass is 16.5. The predicted octanol–water partition coefficient (Wildman–Crippen LogP) is 3.30. The summed E-state index contributed by atoms with van der Waals surface area (Å²) >= 11 is 0. The van der Waals surface area contributed by atoms with Gasteiger partial charge in [0, 0.05) is 6.42 Å². The first-order valence-corrected chi connectivity index (χ1v) is 5.99. The summed E-state index contributed by atoms with van der Waals surface area (Å²) in [7, 11) is 0. The van der Waals surface area contributed by atoms with Crippen molar-refractivity contribution in [2.24, 2.45) is 17.8 Å². The molecular weight excluding hydrogens is 188 g/mol. The molecule has 0 radical (unpaired) electrons. The van der Waals surface area contributed by atoms with Crippen molar-refractivity contribution in [3.63, 3.8) is 0 Å². The van der Waals surface area contributed by atoms with E-state index in [-0.39, 0.29) is 12.2 Å². The number of hydrogen-bond acceptors (Lipinski definition) is 2. The Bertz CT molecular complexity index is 173. The van der Waals surface area contributed by atoms with Gasteiger partial charge in [-0.3, -0.25) is 0 Å². The first-order chi connectivity index (χ1) is 6.90. The number of carbonyl (C=O) groups excluding carboxylic acids is 1. The molecule has 15 heavy (non-hydrogen) atoms. The van der Waals surface area contributed by atoms with Gasteiger partial charge in [0.05, 0.1) is 12.2 Å². The molecule has 0 saturated carbocycles. The van der Waals surface area contributed by atoms with Crippen LogP contribution < -0.4 is 0 Å². The first kappa shape index (κ1) is 14.6. The molecule has 0 aliphatic carbocycles. The van der Waals surface area contributed by atoms with Crippen molar-refractivity contribution in [1.29, 1.82) is 0 Å². The SMILES string of the molecule is CC(C)O[C@@H](C(C)C)[C@H](CC=O)C(C)C. The zero-order chi connectivity index (χ0) is 12.0. The standard InChI is InChI=1S/C13H26O2/c1-9(2)12(7-8-14)13(10(3)4)15-11(5)6/h8-13H,7H2,1-6H3/t12-,13+/m1/s1. The lowest BCUT2D eigenvalue weighted by Crippen LogP contribution is -2.35. The van der Waals surface area contributed by atoms with E-state index >= 15 is 0 Å². The van der Waals surface area contributed by atoms with Crippen LogP contribution in [0.4, 0.5) is 0 Å². The van der Waals surface area contributed by atoms with E-state index in [1.165, 1.54) is 0 Å². The van der Waals surface area contributed by atoms with Crippen LogP contribution in [-0.4, -0.2) is 18.5 Å². The fourth-order valence-corrected chi connectivity index (χ4v) is 1.96. The third kappa shape index (κ3) is 5.31. The van der Waals surface area contributed by atoms with Gasteiger partial charge in [0.25, 0.3) is 0 Å². The molecular formula is C13H26O2. The third-order valence-electron chi connectivity index (χ3n) is 2.73. The summed E-state index contributed by atoms with van der Waals surface area (Å²) in [5.41, 5.74) is 0. The van der Waals surface area contributed by atoms with Gasteiger partial charge in [0.2, 0.25) is 0 Å². The van der Waals surface area contributed by atoms with E-state index in [1.807, 2.05) is 13.8 Å². The van der Waals surface area contributed by atoms with Crippen molar-refractivity contribution in [2.75, 3.05) is 0 Å². The molecule has 0 heterocycles. The van der Waals surface area contributed by atoms with E-state index in [0.717, 1.165) is 6.29 Å². The molecule has 0 spiro atoms. The molecule has 0 unspecified atom stereocenters. The molecule has 90 valence electrons. The van der Waals surface area contributed by atoms with Crippen molar-refractivity contribution in [1.82, 2.24) is 0 Å². The van der Waals surface area contributed by atoms with Gasteiger partial charge in [-0.25, -0.2) is 0 Å². The molecule has 0 rings (SSSR count). The molecule has 0 fully saturated rings. The molecule has 0 aliphatic heterocycles. The van der Waals surface area contributed by atoms with E-state index in [1.54, 1.807) is 0 Å². The van der Waals surface area contributed by atoms with Crippen molar-refractivity contribution in [3.05, 3.63) is 0 Å². The molecule has 0 saturated heterocycles. The molecule has 2 atom stereocenters. The van der Waals surface area contributed by atoms with Crippen LogP contribution in [0.1, 0.15) is 48.0 Å². The summed E-state index contributed by atoms with van der Waals surface area (Å²) in [5, 5.41) is 0. The lowest BCUT2D eigenvalue weighted by atomic mass is 9.82. The van der Waals surface area contributed by atoms with Crippen LogP contribution in [-0.2, 0) is 9.53 Å². The monoisotopic (exact) mass is 214 g/mol. The molecule has 0 aromatic carbocycles. The van der Waals surface area contributed by atoms with E-state index < -0.39 is 0 Å². The van der Waals surface area contributed by atoms with E-state index in [0.29, 0.717) is 24.2 Å². The maximum absolute atomic E-state index is 10.7. The van der Waals surface area contributed by atoms with Gasteiger partial charge in [-0.1, -0.05) is 27.7 Å². The Morgan fingerprint density at radius 1 is 1.00 bits per heavy atom. The Hall–Kier alpha value is -0.370. The van der Waals surface area contributed by atoms with Crippen molar-refractivity contribution < 1.29 is 9.53 Å². The third-order valence-corrected chi connectivity index (χ3v) is 2.73. The maximum Gasteiger partial charge on any atom is 0.120 e. The molecule has 0 amide bonds. The average molecular weight is 214 g/mol. The lowest BCUT2D eigenvalue weighted by Gasteiger charge is -2.33. The molecule has 2 heteroatoms. The normalized spacial score (nSPS) is 16.1. The summed E-state index contributed by atoms with van der Waals surface area (Å²) in [6.45, 7) is 12.7. The van der Waals surface area contributed by atoms with Gasteiger partial charge in [0.1, 0.15) is 6.29 Å². The fourth-order valence-electron chi connectivity index (χ4n) is 1.96. The largest absolute Gasteiger partial charge is 0.375 e.